The summed E-state index contributed by atoms with van der Waals surface area (Å²) in [5, 5.41) is 0. The summed E-state index contributed by atoms with van der Waals surface area (Å²) in [7, 11) is 1.61. The zero-order valence-electron chi connectivity index (χ0n) is 9.78. The number of hydrogen-bond acceptors (Lipinski definition) is 4. The summed E-state index contributed by atoms with van der Waals surface area (Å²) in [6, 6.07) is 5.38. The van der Waals surface area contributed by atoms with Crippen molar-refractivity contribution < 1.29 is 14.3 Å². The molecule has 0 aliphatic rings. The average Bonchev–Trinajstić information content (AvgIpc) is 2.29. The molecule has 0 aliphatic heterocycles. The molecule has 0 N–H and O–H groups in total. The first kappa shape index (κ1) is 12.9. The number of esters is 1. The molecule has 0 amide bonds. The van der Waals surface area contributed by atoms with E-state index in [9.17, 15) is 4.79 Å². The number of hydrogen-bond donors (Lipinski definition) is 0. The zero-order valence-corrected chi connectivity index (χ0v) is 10.6. The van der Waals surface area contributed by atoms with Crippen LogP contribution in [0.1, 0.15) is 24.2 Å². The van der Waals surface area contributed by atoms with Crippen LogP contribution in [0.15, 0.2) is 23.1 Å². The highest BCUT2D eigenvalue weighted by atomic mass is 32.2. The predicted octanol–water partition coefficient (Wildman–Crippen LogP) is 2.98. The van der Waals surface area contributed by atoms with Crippen LogP contribution in [0.3, 0.4) is 0 Å². The molecule has 1 rings (SSSR count). The van der Waals surface area contributed by atoms with E-state index in [1.807, 2.05) is 13.0 Å². The molecule has 0 fully saturated rings. The molecule has 3 nitrogen and oxygen atoms in total. The van der Waals surface area contributed by atoms with Gasteiger partial charge in [-0.3, -0.25) is 0 Å². The highest BCUT2D eigenvalue weighted by Crippen LogP contribution is 2.27. The van der Waals surface area contributed by atoms with Gasteiger partial charge in [-0.15, -0.1) is 11.8 Å². The average molecular weight is 240 g/mol. The van der Waals surface area contributed by atoms with Gasteiger partial charge in [-0.05, 0) is 30.9 Å². The van der Waals surface area contributed by atoms with Gasteiger partial charge in [0.2, 0.25) is 0 Å². The van der Waals surface area contributed by atoms with Crippen molar-refractivity contribution >= 4 is 17.7 Å². The topological polar surface area (TPSA) is 35.5 Å². The highest BCUT2D eigenvalue weighted by molar-refractivity contribution is 7.99. The van der Waals surface area contributed by atoms with Gasteiger partial charge in [-0.1, -0.05) is 6.92 Å². The van der Waals surface area contributed by atoms with E-state index in [0.717, 1.165) is 16.4 Å². The number of benzene rings is 1. The molecule has 0 radical (unpaired) electrons. The van der Waals surface area contributed by atoms with Crippen LogP contribution in [-0.4, -0.2) is 25.4 Å². The molecule has 4 heteroatoms. The highest BCUT2D eigenvalue weighted by Gasteiger charge is 2.13. The third kappa shape index (κ3) is 3.17. The van der Waals surface area contributed by atoms with Crippen molar-refractivity contribution in [3.63, 3.8) is 0 Å². The van der Waals surface area contributed by atoms with Gasteiger partial charge in [0.15, 0.2) is 0 Å². The minimum absolute atomic E-state index is 0.277. The van der Waals surface area contributed by atoms with Gasteiger partial charge < -0.3 is 9.47 Å². The summed E-state index contributed by atoms with van der Waals surface area (Å²) in [6.45, 7) is 4.23. The lowest BCUT2D eigenvalue weighted by Gasteiger charge is -2.09. The van der Waals surface area contributed by atoms with E-state index in [1.165, 1.54) is 0 Å². The van der Waals surface area contributed by atoms with E-state index in [4.69, 9.17) is 9.47 Å². The first-order chi connectivity index (χ1) is 7.72. The molecule has 0 bridgehead atoms. The second-order valence-corrected chi connectivity index (χ2v) is 4.32. The second-order valence-electron chi connectivity index (χ2n) is 3.02. The fourth-order valence-corrected chi connectivity index (χ4v) is 2.10. The van der Waals surface area contributed by atoms with E-state index >= 15 is 0 Å². The van der Waals surface area contributed by atoms with Gasteiger partial charge in [0, 0.05) is 4.90 Å². The molecule has 0 aliphatic carbocycles. The molecule has 1 aromatic rings. The quantitative estimate of drug-likeness (QED) is 0.585. The molecule has 0 saturated heterocycles. The van der Waals surface area contributed by atoms with Gasteiger partial charge in [0.05, 0.1) is 19.3 Å². The van der Waals surface area contributed by atoms with E-state index < -0.39 is 0 Å². The molecule has 0 saturated carbocycles. The van der Waals surface area contributed by atoms with Crippen molar-refractivity contribution in [2.45, 2.75) is 18.7 Å². The summed E-state index contributed by atoms with van der Waals surface area (Å²) in [5.74, 6) is 1.38. The summed E-state index contributed by atoms with van der Waals surface area (Å²) in [4.78, 5) is 12.6. The Balaban J connectivity index is 3.01. The number of methoxy groups -OCH3 is 1. The maximum absolute atomic E-state index is 11.7. The zero-order chi connectivity index (χ0) is 12.0. The largest absolute Gasteiger partial charge is 0.497 e. The van der Waals surface area contributed by atoms with Crippen molar-refractivity contribution in [1.29, 1.82) is 0 Å². The SMILES string of the molecule is CCOC(=O)c1ccc(OC)cc1SCC. The van der Waals surface area contributed by atoms with Crippen LogP contribution < -0.4 is 4.74 Å². The Morgan fingerprint density at radius 3 is 2.69 bits per heavy atom. The Kier molecular flexibility index (Phi) is 5.19. The Bertz CT molecular complexity index is 363. The summed E-state index contributed by atoms with van der Waals surface area (Å²) >= 11 is 1.60. The first-order valence-corrected chi connectivity index (χ1v) is 6.19. The fraction of sp³-hybridized carbons (Fsp3) is 0.417. The Hall–Kier alpha value is -1.16. The number of carbonyl (C=O) groups is 1. The minimum Gasteiger partial charge on any atom is -0.497 e. The Labute approximate surface area is 100 Å². The van der Waals surface area contributed by atoms with E-state index in [1.54, 1.807) is 37.9 Å². The number of carbonyl (C=O) groups excluding carboxylic acids is 1. The fourth-order valence-electron chi connectivity index (χ4n) is 1.28. The van der Waals surface area contributed by atoms with Gasteiger partial charge in [-0.2, -0.15) is 0 Å². The van der Waals surface area contributed by atoms with Gasteiger partial charge >= 0.3 is 5.97 Å². The van der Waals surface area contributed by atoms with Crippen LogP contribution in [0.2, 0.25) is 0 Å². The molecular formula is C12H16O3S. The van der Waals surface area contributed by atoms with Crippen molar-refractivity contribution in [2.75, 3.05) is 19.5 Å². The molecule has 0 spiro atoms. The normalized spacial score (nSPS) is 9.94. The van der Waals surface area contributed by atoms with Gasteiger partial charge in [0.1, 0.15) is 5.75 Å². The predicted molar refractivity (Wildman–Crippen MR) is 65.3 cm³/mol. The van der Waals surface area contributed by atoms with Crippen molar-refractivity contribution in [1.82, 2.24) is 0 Å². The summed E-state index contributed by atoms with van der Waals surface area (Å²) in [5.41, 5.74) is 0.606. The maximum Gasteiger partial charge on any atom is 0.339 e. The number of ether oxygens (including phenoxy) is 2. The van der Waals surface area contributed by atoms with Crippen LogP contribution >= 0.6 is 11.8 Å². The van der Waals surface area contributed by atoms with E-state index in [0.29, 0.717) is 12.2 Å². The summed E-state index contributed by atoms with van der Waals surface area (Å²) in [6.07, 6.45) is 0. The maximum atomic E-state index is 11.7. The lowest BCUT2D eigenvalue weighted by atomic mass is 10.2. The van der Waals surface area contributed by atoms with E-state index in [-0.39, 0.29) is 5.97 Å². The number of thioether (sulfide) groups is 1. The van der Waals surface area contributed by atoms with Crippen molar-refractivity contribution in [2.24, 2.45) is 0 Å². The van der Waals surface area contributed by atoms with E-state index in [2.05, 4.69) is 0 Å². The molecule has 0 unspecified atom stereocenters. The van der Waals surface area contributed by atoms with Crippen LogP contribution in [0.25, 0.3) is 0 Å². The molecule has 0 aromatic heterocycles. The van der Waals surface area contributed by atoms with Crippen LogP contribution in [-0.2, 0) is 4.74 Å². The molecule has 16 heavy (non-hydrogen) atoms. The molecule has 0 heterocycles. The molecule has 88 valence electrons. The lowest BCUT2D eigenvalue weighted by Crippen LogP contribution is -2.06. The minimum atomic E-state index is -0.277. The van der Waals surface area contributed by atoms with Gasteiger partial charge in [-0.25, -0.2) is 4.79 Å². The standard InChI is InChI=1S/C12H16O3S/c1-4-15-12(13)10-7-6-9(14-3)8-11(10)16-5-2/h6-8H,4-5H2,1-3H3. The number of rotatable bonds is 5. The van der Waals surface area contributed by atoms with Crippen molar-refractivity contribution in [3.8, 4) is 5.75 Å². The lowest BCUT2D eigenvalue weighted by molar-refractivity contribution is 0.0522. The van der Waals surface area contributed by atoms with Crippen molar-refractivity contribution in [3.05, 3.63) is 23.8 Å². The summed E-state index contributed by atoms with van der Waals surface area (Å²) < 4.78 is 10.1. The molecule has 1 aromatic carbocycles. The molecule has 0 atom stereocenters. The first-order valence-electron chi connectivity index (χ1n) is 5.20. The second kappa shape index (κ2) is 6.43. The van der Waals surface area contributed by atoms with Gasteiger partial charge in [0.25, 0.3) is 0 Å². The third-order valence-corrected chi connectivity index (χ3v) is 2.92. The van der Waals surface area contributed by atoms with Crippen LogP contribution in [0, 0.1) is 0 Å². The molecular weight excluding hydrogens is 224 g/mol. The third-order valence-electron chi connectivity index (χ3n) is 1.98. The Morgan fingerprint density at radius 2 is 2.12 bits per heavy atom. The van der Waals surface area contributed by atoms with Crippen LogP contribution in [0.5, 0.6) is 5.75 Å². The smallest absolute Gasteiger partial charge is 0.339 e. The monoisotopic (exact) mass is 240 g/mol. The van der Waals surface area contributed by atoms with Crippen LogP contribution in [0.4, 0.5) is 0 Å². The Morgan fingerprint density at radius 1 is 1.38 bits per heavy atom.